The summed E-state index contributed by atoms with van der Waals surface area (Å²) in [6.07, 6.45) is -2.84. The van der Waals surface area contributed by atoms with Gasteiger partial charge in [0.1, 0.15) is 0 Å². The number of aromatic nitrogens is 2. The number of imidazole rings is 1. The average molecular weight is 416 g/mol. The number of benzene rings is 1. The van der Waals surface area contributed by atoms with Gasteiger partial charge in [-0.1, -0.05) is 41.7 Å². The molecule has 27 heavy (non-hydrogen) atoms. The van der Waals surface area contributed by atoms with Gasteiger partial charge >= 0.3 is 6.18 Å². The standard InChI is InChI=1S/C18H20F3N3OS2/c1-11-14(15(18(19,20)21)23-27(25)17(2,3)4)26-16-22-13(10-24(11)16)12-8-6-5-7-9-12/h5-10,15,23H,1-4H3/t15-,27-/m0/s1. The van der Waals surface area contributed by atoms with Gasteiger partial charge in [0, 0.05) is 17.5 Å². The molecule has 3 aromatic rings. The number of hydrogen-bond donors (Lipinski definition) is 1. The van der Waals surface area contributed by atoms with E-state index in [0.29, 0.717) is 16.3 Å². The van der Waals surface area contributed by atoms with Crippen molar-refractivity contribution < 1.29 is 17.4 Å². The van der Waals surface area contributed by atoms with Crippen LogP contribution < -0.4 is 4.72 Å². The van der Waals surface area contributed by atoms with Crippen molar-refractivity contribution in [1.82, 2.24) is 14.1 Å². The monoisotopic (exact) mass is 415 g/mol. The van der Waals surface area contributed by atoms with Crippen LogP contribution in [0.15, 0.2) is 36.5 Å². The molecule has 0 amide bonds. The summed E-state index contributed by atoms with van der Waals surface area (Å²) in [5.41, 5.74) is 2.03. The van der Waals surface area contributed by atoms with Crippen LogP contribution in [0.2, 0.25) is 0 Å². The Balaban J connectivity index is 2.02. The molecule has 0 aliphatic rings. The fourth-order valence-corrected chi connectivity index (χ4v) is 4.61. The van der Waals surface area contributed by atoms with Crippen LogP contribution in [-0.2, 0) is 11.0 Å². The molecule has 2 atom stereocenters. The van der Waals surface area contributed by atoms with E-state index in [0.717, 1.165) is 16.9 Å². The maximum Gasteiger partial charge on any atom is 0.409 e. The molecule has 0 spiro atoms. The molecule has 4 nitrogen and oxygen atoms in total. The van der Waals surface area contributed by atoms with Gasteiger partial charge in [0.15, 0.2) is 11.0 Å². The van der Waals surface area contributed by atoms with E-state index < -0.39 is 28.0 Å². The van der Waals surface area contributed by atoms with E-state index in [4.69, 9.17) is 0 Å². The van der Waals surface area contributed by atoms with Crippen molar-refractivity contribution in [3.05, 3.63) is 47.1 Å². The van der Waals surface area contributed by atoms with Crippen molar-refractivity contribution >= 4 is 27.3 Å². The zero-order valence-corrected chi connectivity index (χ0v) is 16.9. The minimum absolute atomic E-state index is 0.0715. The van der Waals surface area contributed by atoms with Crippen molar-refractivity contribution in [2.24, 2.45) is 0 Å². The summed E-state index contributed by atoms with van der Waals surface area (Å²) in [7, 11) is -1.86. The van der Waals surface area contributed by atoms with E-state index in [-0.39, 0.29) is 4.88 Å². The summed E-state index contributed by atoms with van der Waals surface area (Å²) in [6.45, 7) is 6.51. The van der Waals surface area contributed by atoms with Gasteiger partial charge < -0.3 is 0 Å². The van der Waals surface area contributed by atoms with E-state index in [1.807, 2.05) is 30.3 Å². The number of thiazole rings is 1. The van der Waals surface area contributed by atoms with Crippen LogP contribution in [0, 0.1) is 6.92 Å². The third-order valence-electron chi connectivity index (χ3n) is 4.03. The Morgan fingerprint density at radius 3 is 2.33 bits per heavy atom. The van der Waals surface area contributed by atoms with Gasteiger partial charge in [-0.05, 0) is 27.7 Å². The van der Waals surface area contributed by atoms with Crippen molar-refractivity contribution in [3.8, 4) is 11.3 Å². The Morgan fingerprint density at radius 1 is 1.19 bits per heavy atom. The predicted octanol–water partition coefficient (Wildman–Crippen LogP) is 5.03. The van der Waals surface area contributed by atoms with Crippen LogP contribution in [0.5, 0.6) is 0 Å². The fraction of sp³-hybridized carbons (Fsp3) is 0.389. The molecular weight excluding hydrogens is 395 g/mol. The topological polar surface area (TPSA) is 46.4 Å². The van der Waals surface area contributed by atoms with E-state index in [9.17, 15) is 17.4 Å². The predicted molar refractivity (Wildman–Crippen MR) is 103 cm³/mol. The van der Waals surface area contributed by atoms with Crippen molar-refractivity contribution in [3.63, 3.8) is 0 Å². The third kappa shape index (κ3) is 4.09. The Hall–Kier alpha value is -1.71. The molecule has 2 heterocycles. The van der Waals surface area contributed by atoms with Crippen LogP contribution in [0.3, 0.4) is 0 Å². The van der Waals surface area contributed by atoms with Gasteiger partial charge in [-0.15, -0.1) is 0 Å². The van der Waals surface area contributed by atoms with Gasteiger partial charge in [-0.2, -0.15) is 13.2 Å². The molecule has 2 aromatic heterocycles. The quantitative estimate of drug-likeness (QED) is 0.650. The molecule has 0 aliphatic heterocycles. The first kappa shape index (κ1) is 20.0. The summed E-state index contributed by atoms with van der Waals surface area (Å²) >= 11 is 0.962. The lowest BCUT2D eigenvalue weighted by molar-refractivity contribution is -0.152. The highest BCUT2D eigenvalue weighted by molar-refractivity contribution is 7.84. The molecule has 0 saturated heterocycles. The zero-order chi connectivity index (χ0) is 20.0. The second-order valence-electron chi connectivity index (χ2n) is 7.17. The summed E-state index contributed by atoms with van der Waals surface area (Å²) in [5, 5.41) is 0. The number of fused-ring (bicyclic) bond motifs is 1. The number of nitrogens with zero attached hydrogens (tertiary/aromatic N) is 2. The summed E-state index contributed by atoms with van der Waals surface area (Å²) < 4.78 is 56.5. The first-order chi connectivity index (χ1) is 12.5. The van der Waals surface area contributed by atoms with E-state index >= 15 is 0 Å². The van der Waals surface area contributed by atoms with Gasteiger partial charge in [0.25, 0.3) is 0 Å². The second kappa shape index (κ2) is 7.03. The normalized spacial score (nSPS) is 15.2. The van der Waals surface area contributed by atoms with Crippen LogP contribution in [-0.4, -0.2) is 24.5 Å². The fourth-order valence-electron chi connectivity index (χ4n) is 2.54. The number of halogens is 3. The number of nitrogens with one attached hydrogen (secondary N) is 1. The Kier molecular flexibility index (Phi) is 5.22. The smallest absolute Gasteiger partial charge is 0.294 e. The maximum absolute atomic E-state index is 13.7. The highest BCUT2D eigenvalue weighted by Crippen LogP contribution is 2.40. The van der Waals surface area contributed by atoms with Crippen molar-refractivity contribution in [1.29, 1.82) is 0 Å². The van der Waals surface area contributed by atoms with E-state index in [2.05, 4.69) is 9.71 Å². The van der Waals surface area contributed by atoms with Crippen molar-refractivity contribution in [2.45, 2.75) is 44.7 Å². The SMILES string of the molecule is Cc1c([C@H](N[S@@](=O)C(C)(C)C)C(F)(F)F)sc2nc(-c3ccccc3)cn12. The molecule has 0 saturated carbocycles. The number of aryl methyl sites for hydroxylation is 1. The number of hydrogen-bond acceptors (Lipinski definition) is 3. The zero-order valence-electron chi connectivity index (χ0n) is 15.3. The maximum atomic E-state index is 13.7. The summed E-state index contributed by atoms with van der Waals surface area (Å²) in [5.74, 6) is 0. The Morgan fingerprint density at radius 2 is 1.81 bits per heavy atom. The molecule has 0 bridgehead atoms. The van der Waals surface area contributed by atoms with Gasteiger partial charge in [0.2, 0.25) is 0 Å². The number of alkyl halides is 3. The van der Waals surface area contributed by atoms with Crippen LogP contribution in [0.1, 0.15) is 37.4 Å². The molecule has 0 radical (unpaired) electrons. The van der Waals surface area contributed by atoms with Crippen LogP contribution in [0.4, 0.5) is 13.2 Å². The molecule has 3 rings (SSSR count). The van der Waals surface area contributed by atoms with E-state index in [1.54, 1.807) is 38.3 Å². The average Bonchev–Trinajstić information content (AvgIpc) is 3.11. The van der Waals surface area contributed by atoms with Gasteiger partial charge in [-0.3, -0.25) is 4.40 Å². The molecule has 1 aromatic carbocycles. The molecule has 0 aliphatic carbocycles. The largest absolute Gasteiger partial charge is 0.409 e. The van der Waals surface area contributed by atoms with Gasteiger partial charge in [-0.25, -0.2) is 13.9 Å². The molecule has 0 unspecified atom stereocenters. The molecule has 1 N–H and O–H groups in total. The summed E-state index contributed by atoms with van der Waals surface area (Å²) in [6, 6.07) is 7.44. The lowest BCUT2D eigenvalue weighted by atomic mass is 10.2. The molecular formula is C18H20F3N3OS2. The highest BCUT2D eigenvalue weighted by atomic mass is 32.2. The number of rotatable bonds is 4. The highest BCUT2D eigenvalue weighted by Gasteiger charge is 2.45. The lowest BCUT2D eigenvalue weighted by Crippen LogP contribution is -2.41. The minimum Gasteiger partial charge on any atom is -0.294 e. The Bertz CT molecular complexity index is 972. The van der Waals surface area contributed by atoms with Crippen LogP contribution >= 0.6 is 11.3 Å². The molecule has 146 valence electrons. The lowest BCUT2D eigenvalue weighted by Gasteiger charge is -2.25. The molecule has 9 heteroatoms. The first-order valence-corrected chi connectivity index (χ1v) is 10.2. The molecule has 0 fully saturated rings. The summed E-state index contributed by atoms with van der Waals surface area (Å²) in [4.78, 5) is 5.01. The minimum atomic E-state index is -4.57. The van der Waals surface area contributed by atoms with Crippen LogP contribution in [0.25, 0.3) is 16.2 Å². The van der Waals surface area contributed by atoms with Crippen molar-refractivity contribution in [2.75, 3.05) is 0 Å². The van der Waals surface area contributed by atoms with E-state index in [1.165, 1.54) is 0 Å². The van der Waals surface area contributed by atoms with Gasteiger partial charge in [0.05, 0.1) is 26.3 Å². The third-order valence-corrected chi connectivity index (χ3v) is 6.82. The second-order valence-corrected chi connectivity index (χ2v) is 10.2. The Labute approximate surface area is 162 Å². The first-order valence-electron chi connectivity index (χ1n) is 8.27.